The standard InChI is InChI=1S/C21H20O6/c1-3-25-12-19(21(23)24)26-14-8-9-16-17(11-20(22)27-18(16)10-14)15-7-5-4-6-13(15)2/h4-11,19H,3,12H2,1-2H3,(H,23,24)/t19-/m1/s1. The van der Waals surface area contributed by atoms with Gasteiger partial charge in [0.05, 0.1) is 6.61 Å². The lowest BCUT2D eigenvalue weighted by molar-refractivity contribution is -0.147. The topological polar surface area (TPSA) is 86.0 Å². The molecule has 27 heavy (non-hydrogen) atoms. The Morgan fingerprint density at radius 2 is 1.93 bits per heavy atom. The van der Waals surface area contributed by atoms with E-state index in [1.165, 1.54) is 12.1 Å². The number of carboxylic acids is 1. The molecule has 0 unspecified atom stereocenters. The maximum Gasteiger partial charge on any atom is 0.347 e. The van der Waals surface area contributed by atoms with Crippen LogP contribution in [-0.2, 0) is 9.53 Å². The van der Waals surface area contributed by atoms with E-state index in [0.29, 0.717) is 17.9 Å². The van der Waals surface area contributed by atoms with Gasteiger partial charge in [-0.25, -0.2) is 9.59 Å². The SMILES string of the molecule is CCOC[C@@H](Oc1ccc2c(-c3ccccc3C)cc(=O)oc2c1)C(=O)O. The van der Waals surface area contributed by atoms with Crippen LogP contribution in [0.2, 0.25) is 0 Å². The average Bonchev–Trinajstić information content (AvgIpc) is 2.64. The van der Waals surface area contributed by atoms with Crippen LogP contribution < -0.4 is 10.4 Å². The largest absolute Gasteiger partial charge is 0.478 e. The van der Waals surface area contributed by atoms with E-state index in [1.54, 1.807) is 19.1 Å². The highest BCUT2D eigenvalue weighted by molar-refractivity contribution is 5.94. The van der Waals surface area contributed by atoms with Crippen LogP contribution in [0.4, 0.5) is 0 Å². The molecule has 6 heteroatoms. The number of hydrogen-bond acceptors (Lipinski definition) is 5. The first kappa shape index (κ1) is 18.7. The third kappa shape index (κ3) is 4.17. The number of benzene rings is 2. The van der Waals surface area contributed by atoms with Gasteiger partial charge >= 0.3 is 11.6 Å². The molecule has 3 aromatic rings. The van der Waals surface area contributed by atoms with Gasteiger partial charge in [0.1, 0.15) is 11.3 Å². The summed E-state index contributed by atoms with van der Waals surface area (Å²) in [6.45, 7) is 4.06. The summed E-state index contributed by atoms with van der Waals surface area (Å²) < 4.78 is 16.0. The maximum atomic E-state index is 12.1. The van der Waals surface area contributed by atoms with E-state index in [1.807, 2.05) is 31.2 Å². The van der Waals surface area contributed by atoms with Gasteiger partial charge < -0.3 is 19.0 Å². The summed E-state index contributed by atoms with van der Waals surface area (Å²) in [5, 5.41) is 10.0. The lowest BCUT2D eigenvalue weighted by Gasteiger charge is -2.15. The number of carbonyl (C=O) groups is 1. The Morgan fingerprint density at radius 1 is 1.15 bits per heavy atom. The minimum atomic E-state index is -1.14. The molecule has 0 saturated heterocycles. The fourth-order valence-electron chi connectivity index (χ4n) is 2.86. The predicted molar refractivity (Wildman–Crippen MR) is 101 cm³/mol. The molecular formula is C21H20O6. The fourth-order valence-corrected chi connectivity index (χ4v) is 2.86. The molecule has 2 aromatic carbocycles. The van der Waals surface area contributed by atoms with Crippen LogP contribution in [0.1, 0.15) is 12.5 Å². The highest BCUT2D eigenvalue weighted by atomic mass is 16.5. The second kappa shape index (κ2) is 8.05. The van der Waals surface area contributed by atoms with Gasteiger partial charge in [-0.1, -0.05) is 24.3 Å². The second-order valence-electron chi connectivity index (χ2n) is 6.06. The van der Waals surface area contributed by atoms with Crippen molar-refractivity contribution < 1.29 is 23.8 Å². The summed E-state index contributed by atoms with van der Waals surface area (Å²) in [7, 11) is 0. The van der Waals surface area contributed by atoms with Crippen molar-refractivity contribution in [1.82, 2.24) is 0 Å². The van der Waals surface area contributed by atoms with Crippen LogP contribution in [0.3, 0.4) is 0 Å². The van der Waals surface area contributed by atoms with Gasteiger partial charge in [0.15, 0.2) is 0 Å². The van der Waals surface area contributed by atoms with E-state index in [9.17, 15) is 14.7 Å². The molecule has 1 N–H and O–H groups in total. The number of hydrogen-bond donors (Lipinski definition) is 1. The summed E-state index contributed by atoms with van der Waals surface area (Å²) in [6.07, 6.45) is -1.14. The molecular weight excluding hydrogens is 348 g/mol. The van der Waals surface area contributed by atoms with Gasteiger partial charge in [0.2, 0.25) is 6.10 Å². The monoisotopic (exact) mass is 368 g/mol. The molecule has 1 atom stereocenters. The van der Waals surface area contributed by atoms with E-state index in [-0.39, 0.29) is 6.61 Å². The van der Waals surface area contributed by atoms with E-state index in [2.05, 4.69) is 0 Å². The quantitative estimate of drug-likeness (QED) is 0.641. The number of ether oxygens (including phenoxy) is 2. The molecule has 1 aromatic heterocycles. The van der Waals surface area contributed by atoms with Crippen molar-refractivity contribution in [3.63, 3.8) is 0 Å². The highest BCUT2D eigenvalue weighted by Crippen LogP contribution is 2.31. The van der Waals surface area contributed by atoms with Crippen LogP contribution in [-0.4, -0.2) is 30.4 Å². The molecule has 0 aliphatic heterocycles. The molecule has 0 spiro atoms. The van der Waals surface area contributed by atoms with Gasteiger partial charge in [-0.05, 0) is 37.1 Å². The normalized spacial score (nSPS) is 12.1. The zero-order valence-corrected chi connectivity index (χ0v) is 15.1. The first-order valence-corrected chi connectivity index (χ1v) is 8.60. The summed E-state index contributed by atoms with van der Waals surface area (Å²) in [5.41, 5.74) is 2.58. The third-order valence-corrected chi connectivity index (χ3v) is 4.18. The first-order valence-electron chi connectivity index (χ1n) is 8.60. The smallest absolute Gasteiger partial charge is 0.347 e. The molecule has 140 valence electrons. The number of fused-ring (bicyclic) bond motifs is 1. The van der Waals surface area contributed by atoms with Crippen LogP contribution in [0, 0.1) is 6.92 Å². The molecule has 0 fully saturated rings. The molecule has 0 aliphatic carbocycles. The highest BCUT2D eigenvalue weighted by Gasteiger charge is 2.20. The molecule has 1 heterocycles. The molecule has 0 bridgehead atoms. The van der Waals surface area contributed by atoms with E-state index in [4.69, 9.17) is 13.9 Å². The number of aryl methyl sites for hydroxylation is 1. The Hall–Kier alpha value is -3.12. The Balaban J connectivity index is 2.03. The van der Waals surface area contributed by atoms with Crippen molar-refractivity contribution in [2.75, 3.05) is 13.2 Å². The van der Waals surface area contributed by atoms with Crippen molar-refractivity contribution in [1.29, 1.82) is 0 Å². The molecule has 6 nitrogen and oxygen atoms in total. The Kier molecular flexibility index (Phi) is 5.57. The van der Waals surface area contributed by atoms with E-state index in [0.717, 1.165) is 22.1 Å². The zero-order valence-electron chi connectivity index (χ0n) is 15.1. The number of rotatable bonds is 7. The van der Waals surface area contributed by atoms with Gasteiger partial charge in [-0.15, -0.1) is 0 Å². The van der Waals surface area contributed by atoms with Crippen LogP contribution in [0.25, 0.3) is 22.1 Å². The molecule has 3 rings (SSSR count). The fraction of sp³-hybridized carbons (Fsp3) is 0.238. The average molecular weight is 368 g/mol. The molecule has 0 saturated carbocycles. The lowest BCUT2D eigenvalue weighted by atomic mass is 9.98. The van der Waals surface area contributed by atoms with Crippen molar-refractivity contribution in [3.8, 4) is 16.9 Å². The Bertz CT molecular complexity index is 1020. The minimum Gasteiger partial charge on any atom is -0.478 e. The summed E-state index contributed by atoms with van der Waals surface area (Å²) in [5.74, 6) is -0.835. The molecule has 0 aliphatic rings. The van der Waals surface area contributed by atoms with Crippen molar-refractivity contribution in [2.45, 2.75) is 20.0 Å². The van der Waals surface area contributed by atoms with Crippen molar-refractivity contribution in [2.24, 2.45) is 0 Å². The third-order valence-electron chi connectivity index (χ3n) is 4.18. The Labute approximate surface area is 156 Å². The summed E-state index contributed by atoms with van der Waals surface area (Å²) in [6, 6.07) is 14.2. The van der Waals surface area contributed by atoms with Crippen LogP contribution >= 0.6 is 0 Å². The van der Waals surface area contributed by atoms with Gasteiger partial charge in [-0.2, -0.15) is 0 Å². The van der Waals surface area contributed by atoms with E-state index >= 15 is 0 Å². The van der Waals surface area contributed by atoms with Gasteiger partial charge in [0, 0.05) is 29.7 Å². The molecule has 0 radical (unpaired) electrons. The lowest BCUT2D eigenvalue weighted by Crippen LogP contribution is -2.32. The Morgan fingerprint density at radius 3 is 2.63 bits per heavy atom. The first-order chi connectivity index (χ1) is 13.0. The van der Waals surface area contributed by atoms with Crippen molar-refractivity contribution >= 4 is 16.9 Å². The maximum absolute atomic E-state index is 12.1. The van der Waals surface area contributed by atoms with E-state index < -0.39 is 17.7 Å². The van der Waals surface area contributed by atoms with Crippen molar-refractivity contribution in [3.05, 3.63) is 64.5 Å². The number of carboxylic acid groups (broad SMARTS) is 1. The number of aliphatic carboxylic acids is 1. The van der Waals surface area contributed by atoms with Gasteiger partial charge in [-0.3, -0.25) is 0 Å². The molecule has 0 amide bonds. The predicted octanol–water partition coefficient (Wildman–Crippen LogP) is 3.64. The van der Waals surface area contributed by atoms with Gasteiger partial charge in [0.25, 0.3) is 0 Å². The second-order valence-corrected chi connectivity index (χ2v) is 6.06. The summed E-state index contributed by atoms with van der Waals surface area (Å²) >= 11 is 0. The zero-order chi connectivity index (χ0) is 19.4. The summed E-state index contributed by atoms with van der Waals surface area (Å²) in [4.78, 5) is 23.4. The minimum absolute atomic E-state index is 0.0724. The van der Waals surface area contributed by atoms with Crippen LogP contribution in [0.5, 0.6) is 5.75 Å². The van der Waals surface area contributed by atoms with Crippen LogP contribution in [0.15, 0.2) is 57.7 Å².